The van der Waals surface area contributed by atoms with Crippen molar-refractivity contribution in [2.24, 2.45) is 0 Å². The van der Waals surface area contributed by atoms with Crippen LogP contribution in [0.3, 0.4) is 0 Å². The smallest absolute Gasteiger partial charge is 0.379 e. The minimum atomic E-state index is -0.964. The predicted octanol–water partition coefficient (Wildman–Crippen LogP) is 5.90. The molecule has 0 saturated heterocycles. The van der Waals surface area contributed by atoms with Gasteiger partial charge < -0.3 is 14.2 Å². The Bertz CT molecular complexity index is 1080. The molecule has 0 N–H and O–H groups in total. The number of para-hydroxylation sites is 1. The van der Waals surface area contributed by atoms with E-state index >= 15 is 0 Å². The van der Waals surface area contributed by atoms with Crippen LogP contribution >= 0.6 is 23.2 Å². The molecular formula is C24H20Cl2O5. The number of ketones is 1. The van der Waals surface area contributed by atoms with E-state index in [-0.39, 0.29) is 31.1 Å². The average Bonchev–Trinajstić information content (AvgIpc) is 2.78. The maximum atomic E-state index is 12.7. The second kappa shape index (κ2) is 10.8. The first kappa shape index (κ1) is 22.7. The maximum Gasteiger partial charge on any atom is 0.379 e. The largest absolute Gasteiger partial charge is 0.485 e. The minimum Gasteiger partial charge on any atom is -0.485 e. The highest BCUT2D eigenvalue weighted by Gasteiger charge is 2.25. The Morgan fingerprint density at radius 2 is 1.35 bits per heavy atom. The van der Waals surface area contributed by atoms with Crippen molar-refractivity contribution in [2.45, 2.75) is 20.1 Å². The van der Waals surface area contributed by atoms with Gasteiger partial charge in [0.05, 0.1) is 12.2 Å². The Kier molecular flexibility index (Phi) is 7.93. The van der Waals surface area contributed by atoms with Gasteiger partial charge >= 0.3 is 5.97 Å². The fourth-order valence-corrected chi connectivity index (χ4v) is 3.18. The fourth-order valence-electron chi connectivity index (χ4n) is 2.80. The van der Waals surface area contributed by atoms with E-state index in [1.807, 2.05) is 36.4 Å². The molecule has 0 atom stereocenters. The Balaban J connectivity index is 1.92. The molecule has 0 aromatic heterocycles. The van der Waals surface area contributed by atoms with Gasteiger partial charge in [-0.05, 0) is 31.2 Å². The molecule has 3 aromatic carbocycles. The molecule has 7 heteroatoms. The molecule has 0 radical (unpaired) electrons. The first-order chi connectivity index (χ1) is 15.0. The van der Waals surface area contributed by atoms with E-state index in [1.54, 1.807) is 31.2 Å². The van der Waals surface area contributed by atoms with E-state index < -0.39 is 11.8 Å². The van der Waals surface area contributed by atoms with Crippen LogP contribution in [0.4, 0.5) is 0 Å². The quantitative estimate of drug-likeness (QED) is 0.227. The fraction of sp³-hybridized carbons (Fsp3) is 0.167. The van der Waals surface area contributed by atoms with Crippen molar-refractivity contribution in [2.75, 3.05) is 6.61 Å². The number of carbonyl (C=O) groups is 2. The summed E-state index contributed by atoms with van der Waals surface area (Å²) < 4.78 is 16.7. The molecule has 0 fully saturated rings. The van der Waals surface area contributed by atoms with Gasteiger partial charge in [0.1, 0.15) is 13.2 Å². The van der Waals surface area contributed by atoms with Gasteiger partial charge in [-0.15, -0.1) is 0 Å². The summed E-state index contributed by atoms with van der Waals surface area (Å²) in [7, 11) is 0. The van der Waals surface area contributed by atoms with Crippen LogP contribution in [0.25, 0.3) is 0 Å². The zero-order valence-electron chi connectivity index (χ0n) is 16.8. The van der Waals surface area contributed by atoms with Crippen LogP contribution in [0.5, 0.6) is 11.5 Å². The molecule has 5 nitrogen and oxygen atoms in total. The number of hydrogen-bond acceptors (Lipinski definition) is 5. The highest BCUT2D eigenvalue weighted by atomic mass is 35.5. The molecule has 0 amide bonds. The van der Waals surface area contributed by atoms with E-state index in [0.29, 0.717) is 15.8 Å². The Labute approximate surface area is 190 Å². The predicted molar refractivity (Wildman–Crippen MR) is 119 cm³/mol. The van der Waals surface area contributed by atoms with Crippen molar-refractivity contribution in [3.8, 4) is 11.5 Å². The number of esters is 1. The normalized spacial score (nSPS) is 10.4. The van der Waals surface area contributed by atoms with Crippen LogP contribution in [0.1, 0.15) is 28.4 Å². The lowest BCUT2D eigenvalue weighted by molar-refractivity contribution is -0.137. The van der Waals surface area contributed by atoms with E-state index in [1.165, 1.54) is 6.07 Å². The third kappa shape index (κ3) is 5.78. The number of halogens is 2. The van der Waals surface area contributed by atoms with E-state index in [0.717, 1.165) is 11.1 Å². The molecule has 3 aromatic rings. The third-order valence-corrected chi connectivity index (χ3v) is 5.09. The lowest BCUT2D eigenvalue weighted by Crippen LogP contribution is -2.19. The van der Waals surface area contributed by atoms with Crippen LogP contribution in [0.2, 0.25) is 10.0 Å². The molecule has 31 heavy (non-hydrogen) atoms. The number of hydrogen-bond donors (Lipinski definition) is 0. The molecule has 0 unspecified atom stereocenters. The first-order valence-electron chi connectivity index (χ1n) is 9.58. The summed E-state index contributed by atoms with van der Waals surface area (Å²) in [5.74, 6) is -1.36. The number of ether oxygens (including phenoxy) is 3. The molecular weight excluding hydrogens is 439 g/mol. The van der Waals surface area contributed by atoms with Crippen molar-refractivity contribution in [1.29, 1.82) is 0 Å². The monoisotopic (exact) mass is 458 g/mol. The summed E-state index contributed by atoms with van der Waals surface area (Å²) in [5, 5.41) is 1.08. The summed E-state index contributed by atoms with van der Waals surface area (Å²) in [6, 6.07) is 19.2. The standard InChI is InChI=1S/C24H20Cl2O5/c1-2-29-24(28)22(27)18-10-7-13-21(30-14-16-8-3-5-11-19(16)25)23(18)31-15-17-9-4-6-12-20(17)26/h3-13H,2,14-15H2,1H3. The van der Waals surface area contributed by atoms with Gasteiger partial charge in [-0.1, -0.05) is 65.7 Å². The Hall–Kier alpha value is -3.02. The highest BCUT2D eigenvalue weighted by Crippen LogP contribution is 2.34. The highest BCUT2D eigenvalue weighted by molar-refractivity contribution is 6.41. The lowest BCUT2D eigenvalue weighted by atomic mass is 10.1. The van der Waals surface area contributed by atoms with Crippen molar-refractivity contribution in [1.82, 2.24) is 0 Å². The Morgan fingerprint density at radius 3 is 1.94 bits per heavy atom. The van der Waals surface area contributed by atoms with Gasteiger partial charge in [-0.2, -0.15) is 0 Å². The number of Topliss-reactive ketones (excluding diaryl/α,β-unsaturated/α-hetero) is 1. The Morgan fingerprint density at radius 1 is 0.774 bits per heavy atom. The molecule has 160 valence electrons. The van der Waals surface area contributed by atoms with Gasteiger partial charge in [0.25, 0.3) is 5.78 Å². The van der Waals surface area contributed by atoms with Gasteiger partial charge in [0, 0.05) is 21.2 Å². The summed E-state index contributed by atoms with van der Waals surface area (Å²) in [6.45, 7) is 1.95. The van der Waals surface area contributed by atoms with Crippen LogP contribution in [0, 0.1) is 0 Å². The zero-order valence-corrected chi connectivity index (χ0v) is 18.3. The molecule has 0 bridgehead atoms. The van der Waals surface area contributed by atoms with Crippen molar-refractivity contribution in [3.05, 3.63) is 93.5 Å². The summed E-state index contributed by atoms with van der Waals surface area (Å²) in [4.78, 5) is 24.7. The van der Waals surface area contributed by atoms with Gasteiger partial charge in [0.15, 0.2) is 11.5 Å². The molecule has 0 saturated carbocycles. The first-order valence-corrected chi connectivity index (χ1v) is 10.3. The third-order valence-electron chi connectivity index (χ3n) is 4.36. The SMILES string of the molecule is CCOC(=O)C(=O)c1cccc(OCc2ccccc2Cl)c1OCc1ccccc1Cl. The average molecular weight is 459 g/mol. The van der Waals surface area contributed by atoms with Gasteiger partial charge in [-0.25, -0.2) is 4.79 Å². The topological polar surface area (TPSA) is 61.8 Å². The van der Waals surface area contributed by atoms with Gasteiger partial charge in [-0.3, -0.25) is 4.79 Å². The van der Waals surface area contributed by atoms with Crippen molar-refractivity contribution < 1.29 is 23.8 Å². The minimum absolute atomic E-state index is 0.0437. The number of rotatable bonds is 9. The van der Waals surface area contributed by atoms with E-state index in [2.05, 4.69) is 0 Å². The zero-order chi connectivity index (χ0) is 22.2. The summed E-state index contributed by atoms with van der Waals surface area (Å²) in [6.07, 6.45) is 0. The number of carbonyl (C=O) groups excluding carboxylic acids is 2. The number of benzene rings is 3. The van der Waals surface area contributed by atoms with E-state index in [9.17, 15) is 9.59 Å². The molecule has 3 rings (SSSR count). The van der Waals surface area contributed by atoms with Crippen LogP contribution in [-0.2, 0) is 22.7 Å². The van der Waals surface area contributed by atoms with Crippen LogP contribution in [0.15, 0.2) is 66.7 Å². The molecule has 0 aliphatic heterocycles. The molecule has 0 aliphatic rings. The lowest BCUT2D eigenvalue weighted by Gasteiger charge is -2.16. The van der Waals surface area contributed by atoms with Crippen molar-refractivity contribution in [3.63, 3.8) is 0 Å². The molecule has 0 heterocycles. The van der Waals surface area contributed by atoms with Crippen LogP contribution in [-0.4, -0.2) is 18.4 Å². The maximum absolute atomic E-state index is 12.7. The van der Waals surface area contributed by atoms with Crippen molar-refractivity contribution >= 4 is 35.0 Å². The van der Waals surface area contributed by atoms with Gasteiger partial charge in [0.2, 0.25) is 0 Å². The molecule has 0 spiro atoms. The van der Waals surface area contributed by atoms with E-state index in [4.69, 9.17) is 37.4 Å². The second-order valence-corrected chi connectivity index (χ2v) is 7.26. The molecule has 0 aliphatic carbocycles. The summed E-state index contributed by atoms with van der Waals surface area (Å²) in [5.41, 5.74) is 1.53. The summed E-state index contributed by atoms with van der Waals surface area (Å²) >= 11 is 12.4. The van der Waals surface area contributed by atoms with Crippen LogP contribution < -0.4 is 9.47 Å². The second-order valence-electron chi connectivity index (χ2n) is 6.44.